The molecule has 1 unspecified atom stereocenters. The minimum absolute atomic E-state index is 0.153. The molecule has 0 saturated heterocycles. The Balaban J connectivity index is 3.73. The predicted octanol–water partition coefficient (Wildman–Crippen LogP) is 1.68. The van der Waals surface area contributed by atoms with Crippen molar-refractivity contribution in [1.29, 1.82) is 0 Å². The second kappa shape index (κ2) is 6.90. The van der Waals surface area contributed by atoms with E-state index >= 15 is 0 Å². The van der Waals surface area contributed by atoms with Gasteiger partial charge in [-0.05, 0) is 19.3 Å². The van der Waals surface area contributed by atoms with E-state index in [9.17, 15) is 9.13 Å². The van der Waals surface area contributed by atoms with Crippen molar-refractivity contribution in [1.82, 2.24) is 0 Å². The summed E-state index contributed by atoms with van der Waals surface area (Å²) in [6, 6.07) is 0. The third kappa shape index (κ3) is 8.45. The van der Waals surface area contributed by atoms with Crippen molar-refractivity contribution in [3.8, 4) is 0 Å². The number of hydrogen-bond donors (Lipinski definition) is 4. The zero-order chi connectivity index (χ0) is 12.8. The molecule has 0 heterocycles. The Morgan fingerprint density at radius 2 is 1.56 bits per heavy atom. The van der Waals surface area contributed by atoms with Gasteiger partial charge in [-0.1, -0.05) is 19.8 Å². The Kier molecular flexibility index (Phi) is 7.03. The molecule has 0 saturated carbocycles. The fourth-order valence-corrected chi connectivity index (χ4v) is 3.11. The second-order valence-corrected chi connectivity index (χ2v) is 7.57. The monoisotopic (exact) mass is 274 g/mol. The van der Waals surface area contributed by atoms with E-state index in [1.165, 1.54) is 0 Å². The van der Waals surface area contributed by atoms with E-state index in [2.05, 4.69) is 0 Å². The fraction of sp³-hybridized carbons (Fsp3) is 1.00. The Hall–Kier alpha value is 0.300. The average molecular weight is 274 g/mol. The van der Waals surface area contributed by atoms with Gasteiger partial charge in [-0.25, -0.2) is 0 Å². The molecule has 0 aromatic rings. The molecule has 8 heteroatoms. The zero-order valence-electron chi connectivity index (χ0n) is 9.32. The maximum atomic E-state index is 11.0. The molecule has 4 N–H and O–H groups in total. The highest BCUT2D eigenvalue weighted by molar-refractivity contribution is 7.52. The van der Waals surface area contributed by atoms with Crippen molar-refractivity contribution >= 4 is 15.2 Å². The number of rotatable bonds is 8. The molecule has 0 aromatic heterocycles. The minimum atomic E-state index is -4.01. The summed E-state index contributed by atoms with van der Waals surface area (Å²) in [5.74, 6) is 0. The van der Waals surface area contributed by atoms with Crippen molar-refractivity contribution in [2.45, 2.75) is 44.7 Å². The maximum absolute atomic E-state index is 11.0. The molecule has 0 aliphatic carbocycles. The van der Waals surface area contributed by atoms with Gasteiger partial charge >= 0.3 is 15.2 Å². The maximum Gasteiger partial charge on any atom is 0.328 e. The molecule has 6 nitrogen and oxygen atoms in total. The minimum Gasteiger partial charge on any atom is -0.324 e. The zero-order valence-corrected chi connectivity index (χ0v) is 11.1. The summed E-state index contributed by atoms with van der Waals surface area (Å²) in [4.78, 5) is 35.1. The highest BCUT2D eigenvalue weighted by atomic mass is 31.2. The van der Waals surface area contributed by atoms with E-state index in [-0.39, 0.29) is 6.16 Å². The quantitative estimate of drug-likeness (QED) is 0.395. The first kappa shape index (κ1) is 16.3. The molecule has 16 heavy (non-hydrogen) atoms. The van der Waals surface area contributed by atoms with Crippen LogP contribution in [0.5, 0.6) is 0 Å². The first-order valence-corrected chi connectivity index (χ1v) is 8.74. The Bertz CT molecular complexity index is 280. The van der Waals surface area contributed by atoms with E-state index in [4.69, 9.17) is 19.6 Å². The third-order valence-corrected chi connectivity index (χ3v) is 4.91. The van der Waals surface area contributed by atoms with Gasteiger partial charge in [0.2, 0.25) is 0 Å². The standard InChI is InChI=1S/C8H20O6P2/c1-2-8(16(12,13)14)6-4-3-5-7-15(9,10)11/h8H,2-7H2,1H3,(H2,9,10,11)(H2,12,13,14). The summed E-state index contributed by atoms with van der Waals surface area (Å²) in [7, 11) is -7.93. The first-order valence-electron chi connectivity index (χ1n) is 5.26. The van der Waals surface area contributed by atoms with Crippen molar-refractivity contribution in [2.75, 3.05) is 6.16 Å². The first-order chi connectivity index (χ1) is 7.17. The lowest BCUT2D eigenvalue weighted by Gasteiger charge is -2.16. The van der Waals surface area contributed by atoms with Crippen LogP contribution in [-0.2, 0) is 9.13 Å². The van der Waals surface area contributed by atoms with E-state index in [0.717, 1.165) is 0 Å². The largest absolute Gasteiger partial charge is 0.328 e. The van der Waals surface area contributed by atoms with Crippen LogP contribution in [0.2, 0.25) is 0 Å². The third-order valence-electron chi connectivity index (χ3n) is 2.43. The molecule has 1 atom stereocenters. The summed E-state index contributed by atoms with van der Waals surface area (Å²) in [6.07, 6.45) is 2.23. The van der Waals surface area contributed by atoms with E-state index in [0.29, 0.717) is 32.1 Å². The molecule has 0 bridgehead atoms. The van der Waals surface area contributed by atoms with Gasteiger partial charge in [-0.2, -0.15) is 0 Å². The summed E-state index contributed by atoms with van der Waals surface area (Å²) >= 11 is 0. The van der Waals surface area contributed by atoms with Crippen LogP contribution >= 0.6 is 15.2 Å². The topological polar surface area (TPSA) is 115 Å². The average Bonchev–Trinajstić information content (AvgIpc) is 2.07. The van der Waals surface area contributed by atoms with E-state index in [1.54, 1.807) is 6.92 Å². The molecule has 0 amide bonds. The van der Waals surface area contributed by atoms with Crippen LogP contribution in [0.1, 0.15) is 39.0 Å². The summed E-state index contributed by atoms with van der Waals surface area (Å²) in [6.45, 7) is 1.72. The van der Waals surface area contributed by atoms with E-state index in [1.807, 2.05) is 0 Å². The molecule has 0 aromatic carbocycles. The highest BCUT2D eigenvalue weighted by Crippen LogP contribution is 2.45. The smallest absolute Gasteiger partial charge is 0.324 e. The molecule has 0 radical (unpaired) electrons. The molecule has 0 aliphatic rings. The van der Waals surface area contributed by atoms with Crippen molar-refractivity contribution < 1.29 is 28.7 Å². The predicted molar refractivity (Wildman–Crippen MR) is 61.5 cm³/mol. The Morgan fingerprint density at radius 1 is 1.00 bits per heavy atom. The lowest BCUT2D eigenvalue weighted by Crippen LogP contribution is -2.06. The fourth-order valence-electron chi connectivity index (χ4n) is 1.48. The SMILES string of the molecule is CCC(CCCCCP(=O)(O)O)P(=O)(O)O. The number of unbranched alkanes of at least 4 members (excludes halogenated alkanes) is 2. The van der Waals surface area contributed by atoms with Crippen LogP contribution in [0.15, 0.2) is 0 Å². The van der Waals surface area contributed by atoms with Crippen LogP contribution in [0.25, 0.3) is 0 Å². The van der Waals surface area contributed by atoms with Gasteiger partial charge in [0.25, 0.3) is 0 Å². The normalized spacial score (nSPS) is 15.1. The van der Waals surface area contributed by atoms with Gasteiger partial charge in [-0.15, -0.1) is 0 Å². The van der Waals surface area contributed by atoms with Gasteiger partial charge < -0.3 is 19.6 Å². The Morgan fingerprint density at radius 3 is 1.94 bits per heavy atom. The van der Waals surface area contributed by atoms with Gasteiger partial charge in [0, 0.05) is 6.16 Å². The van der Waals surface area contributed by atoms with Crippen LogP contribution in [0.3, 0.4) is 0 Å². The molecule has 98 valence electrons. The van der Waals surface area contributed by atoms with Crippen molar-refractivity contribution in [3.63, 3.8) is 0 Å². The molecule has 0 spiro atoms. The second-order valence-electron chi connectivity index (χ2n) is 3.89. The summed E-state index contributed by atoms with van der Waals surface area (Å²) in [5.41, 5.74) is -0.623. The molecule has 0 aliphatic heterocycles. The van der Waals surface area contributed by atoms with Crippen molar-refractivity contribution in [3.05, 3.63) is 0 Å². The highest BCUT2D eigenvalue weighted by Gasteiger charge is 2.26. The van der Waals surface area contributed by atoms with Gasteiger partial charge in [0.1, 0.15) is 0 Å². The molecular formula is C8H20O6P2. The van der Waals surface area contributed by atoms with Gasteiger partial charge in [0.05, 0.1) is 5.66 Å². The summed E-state index contributed by atoms with van der Waals surface area (Å²) in [5, 5.41) is 0. The molecule has 0 fully saturated rings. The summed E-state index contributed by atoms with van der Waals surface area (Å²) < 4.78 is 21.5. The molecular weight excluding hydrogens is 254 g/mol. The lowest BCUT2D eigenvalue weighted by atomic mass is 10.1. The number of hydrogen-bond acceptors (Lipinski definition) is 2. The molecule has 0 rings (SSSR count). The van der Waals surface area contributed by atoms with Crippen LogP contribution in [0, 0.1) is 0 Å². The van der Waals surface area contributed by atoms with Gasteiger partial charge in [0.15, 0.2) is 0 Å². The Labute approximate surface area is 95.4 Å². The van der Waals surface area contributed by atoms with E-state index < -0.39 is 20.9 Å². The van der Waals surface area contributed by atoms with Crippen LogP contribution < -0.4 is 0 Å². The van der Waals surface area contributed by atoms with Crippen molar-refractivity contribution in [2.24, 2.45) is 0 Å². The van der Waals surface area contributed by atoms with Crippen LogP contribution in [-0.4, -0.2) is 31.4 Å². The van der Waals surface area contributed by atoms with Gasteiger partial charge in [-0.3, -0.25) is 9.13 Å². The lowest BCUT2D eigenvalue weighted by molar-refractivity contribution is 0.349. The van der Waals surface area contributed by atoms with Crippen LogP contribution in [0.4, 0.5) is 0 Å².